The van der Waals surface area contributed by atoms with Crippen molar-refractivity contribution in [2.45, 2.75) is 57.9 Å². The van der Waals surface area contributed by atoms with Crippen LogP contribution >= 0.6 is 24.0 Å². The van der Waals surface area contributed by atoms with Crippen LogP contribution in [0.2, 0.25) is 0 Å². The van der Waals surface area contributed by atoms with E-state index in [2.05, 4.69) is 48.7 Å². The number of hydrogen-bond acceptors (Lipinski definition) is 2. The largest absolute Gasteiger partial charge is 0.357 e. The van der Waals surface area contributed by atoms with Gasteiger partial charge in [-0.2, -0.15) is 0 Å². The van der Waals surface area contributed by atoms with Crippen LogP contribution < -0.4 is 10.6 Å². The Morgan fingerprint density at radius 1 is 1.25 bits per heavy atom. The van der Waals surface area contributed by atoms with Gasteiger partial charge in [-0.3, -0.25) is 9.79 Å². The van der Waals surface area contributed by atoms with Gasteiger partial charge in [0.05, 0.1) is 12.0 Å². The Labute approximate surface area is 186 Å². The molecule has 5 nitrogen and oxygen atoms in total. The molecule has 0 heterocycles. The van der Waals surface area contributed by atoms with E-state index in [1.54, 1.807) is 4.90 Å². The van der Waals surface area contributed by atoms with E-state index in [0.29, 0.717) is 18.5 Å². The summed E-state index contributed by atoms with van der Waals surface area (Å²) in [5.74, 6) is 1.62. The zero-order valence-corrected chi connectivity index (χ0v) is 20.0. The highest BCUT2D eigenvalue weighted by molar-refractivity contribution is 14.0. The first kappa shape index (κ1) is 23.0. The van der Waals surface area contributed by atoms with Crippen molar-refractivity contribution in [3.8, 4) is 0 Å². The summed E-state index contributed by atoms with van der Waals surface area (Å²) in [6.45, 7) is 5.66. The summed E-state index contributed by atoms with van der Waals surface area (Å²) in [5, 5.41) is 6.95. The van der Waals surface area contributed by atoms with Crippen molar-refractivity contribution in [1.29, 1.82) is 0 Å². The molecule has 0 bridgehead atoms. The Hall–Kier alpha value is -1.31. The lowest BCUT2D eigenvalue weighted by Crippen LogP contribution is -2.43. The van der Waals surface area contributed by atoms with E-state index in [0.717, 1.165) is 44.6 Å². The van der Waals surface area contributed by atoms with Crippen molar-refractivity contribution < 1.29 is 4.79 Å². The molecule has 1 amide bonds. The molecule has 2 fully saturated rings. The topological polar surface area (TPSA) is 56.7 Å². The average molecular weight is 498 g/mol. The molecule has 3 rings (SSSR count). The third-order valence-corrected chi connectivity index (χ3v) is 6.01. The molecule has 2 saturated carbocycles. The number of amides is 1. The van der Waals surface area contributed by atoms with Crippen LogP contribution in [0.3, 0.4) is 0 Å². The molecule has 2 aliphatic carbocycles. The van der Waals surface area contributed by atoms with E-state index >= 15 is 0 Å². The lowest BCUT2D eigenvalue weighted by Gasteiger charge is -2.29. The summed E-state index contributed by atoms with van der Waals surface area (Å²) < 4.78 is 0. The quantitative estimate of drug-likeness (QED) is 0.358. The number of aliphatic imine (C=N–C) groups is 1. The molecule has 0 aliphatic heterocycles. The summed E-state index contributed by atoms with van der Waals surface area (Å²) in [4.78, 5) is 19.3. The van der Waals surface area contributed by atoms with E-state index in [1.807, 2.05) is 14.1 Å². The molecule has 2 aliphatic rings. The van der Waals surface area contributed by atoms with Crippen molar-refractivity contribution in [3.05, 3.63) is 35.4 Å². The molecule has 2 N–H and O–H groups in total. The maximum absolute atomic E-state index is 12.8. The van der Waals surface area contributed by atoms with E-state index in [-0.39, 0.29) is 35.3 Å². The molecular formula is C22H35IN4O. The Balaban J connectivity index is 0.00000280. The van der Waals surface area contributed by atoms with Crippen LogP contribution in [0.25, 0.3) is 0 Å². The van der Waals surface area contributed by atoms with Crippen LogP contribution in [-0.2, 0) is 4.79 Å². The molecule has 156 valence electrons. The summed E-state index contributed by atoms with van der Waals surface area (Å²) in [6, 6.07) is 9.05. The fourth-order valence-electron chi connectivity index (χ4n) is 4.39. The van der Waals surface area contributed by atoms with Crippen LogP contribution in [0, 0.1) is 12.3 Å². The van der Waals surface area contributed by atoms with Gasteiger partial charge in [0, 0.05) is 32.6 Å². The number of benzene rings is 1. The van der Waals surface area contributed by atoms with Gasteiger partial charge in [0.15, 0.2) is 5.96 Å². The molecule has 6 heteroatoms. The summed E-state index contributed by atoms with van der Waals surface area (Å²) in [6.07, 6.45) is 5.27. The van der Waals surface area contributed by atoms with E-state index in [9.17, 15) is 4.79 Å². The zero-order chi connectivity index (χ0) is 19.4. The minimum atomic E-state index is -0.315. The first-order valence-corrected chi connectivity index (χ1v) is 10.3. The SMILES string of the molecule is CCNC(=NCC1(C(=O)N(C)C)CCCC1)NC1CC1c1ccccc1C.I. The van der Waals surface area contributed by atoms with Crippen LogP contribution in [-0.4, -0.2) is 50.0 Å². The monoisotopic (exact) mass is 498 g/mol. The van der Waals surface area contributed by atoms with Crippen molar-refractivity contribution in [2.24, 2.45) is 10.4 Å². The average Bonchev–Trinajstić information content (AvgIpc) is 3.23. The molecule has 0 saturated heterocycles. The predicted octanol–water partition coefficient (Wildman–Crippen LogP) is 3.67. The lowest BCUT2D eigenvalue weighted by molar-refractivity contribution is -0.138. The van der Waals surface area contributed by atoms with Crippen LogP contribution in [0.1, 0.15) is 56.1 Å². The highest BCUT2D eigenvalue weighted by atomic mass is 127. The molecule has 28 heavy (non-hydrogen) atoms. The maximum Gasteiger partial charge on any atom is 0.230 e. The number of rotatable bonds is 6. The number of guanidine groups is 1. The van der Waals surface area contributed by atoms with Crippen LogP contribution in [0.15, 0.2) is 29.3 Å². The van der Waals surface area contributed by atoms with Gasteiger partial charge in [0.2, 0.25) is 5.91 Å². The Morgan fingerprint density at radius 2 is 1.93 bits per heavy atom. The summed E-state index contributed by atoms with van der Waals surface area (Å²) >= 11 is 0. The first-order valence-electron chi connectivity index (χ1n) is 10.3. The third-order valence-electron chi connectivity index (χ3n) is 6.01. The highest BCUT2D eigenvalue weighted by Crippen LogP contribution is 2.42. The van der Waals surface area contributed by atoms with Crippen LogP contribution in [0.5, 0.6) is 0 Å². The van der Waals surface area contributed by atoms with Gasteiger partial charge in [-0.15, -0.1) is 24.0 Å². The summed E-state index contributed by atoms with van der Waals surface area (Å²) in [5.41, 5.74) is 2.47. The first-order chi connectivity index (χ1) is 13.0. The molecule has 0 radical (unpaired) electrons. The Morgan fingerprint density at radius 3 is 2.54 bits per heavy atom. The number of aryl methyl sites for hydroxylation is 1. The van der Waals surface area contributed by atoms with E-state index in [1.165, 1.54) is 11.1 Å². The lowest BCUT2D eigenvalue weighted by atomic mass is 9.85. The van der Waals surface area contributed by atoms with Gasteiger partial charge in [0.1, 0.15) is 0 Å². The second-order valence-electron chi connectivity index (χ2n) is 8.33. The fraction of sp³-hybridized carbons (Fsp3) is 0.636. The highest BCUT2D eigenvalue weighted by Gasteiger charge is 2.43. The molecule has 1 aromatic carbocycles. The minimum Gasteiger partial charge on any atom is -0.357 e. The fourth-order valence-corrected chi connectivity index (χ4v) is 4.39. The minimum absolute atomic E-state index is 0. The zero-order valence-electron chi connectivity index (χ0n) is 17.6. The molecule has 0 aromatic heterocycles. The number of carbonyl (C=O) groups is 1. The van der Waals surface area contributed by atoms with Gasteiger partial charge in [0.25, 0.3) is 0 Å². The summed E-state index contributed by atoms with van der Waals surface area (Å²) in [7, 11) is 3.71. The van der Waals surface area contributed by atoms with Gasteiger partial charge in [-0.1, -0.05) is 37.1 Å². The van der Waals surface area contributed by atoms with Crippen molar-refractivity contribution in [2.75, 3.05) is 27.2 Å². The third kappa shape index (κ3) is 5.19. The number of halogens is 1. The van der Waals surface area contributed by atoms with Gasteiger partial charge >= 0.3 is 0 Å². The number of nitrogens with one attached hydrogen (secondary N) is 2. The van der Waals surface area contributed by atoms with Crippen molar-refractivity contribution in [1.82, 2.24) is 15.5 Å². The predicted molar refractivity (Wildman–Crippen MR) is 126 cm³/mol. The molecule has 0 spiro atoms. The Kier molecular flexibility index (Phi) is 8.16. The van der Waals surface area contributed by atoms with Gasteiger partial charge < -0.3 is 15.5 Å². The van der Waals surface area contributed by atoms with Gasteiger partial charge in [-0.25, -0.2) is 0 Å². The van der Waals surface area contributed by atoms with E-state index in [4.69, 9.17) is 4.99 Å². The maximum atomic E-state index is 12.8. The smallest absolute Gasteiger partial charge is 0.230 e. The molecular weight excluding hydrogens is 463 g/mol. The van der Waals surface area contributed by atoms with Crippen LogP contribution in [0.4, 0.5) is 0 Å². The normalized spacial score (nSPS) is 22.9. The molecule has 1 aromatic rings. The number of nitrogens with zero attached hydrogens (tertiary/aromatic N) is 2. The van der Waals surface area contributed by atoms with E-state index < -0.39 is 0 Å². The van der Waals surface area contributed by atoms with Gasteiger partial charge in [-0.05, 0) is 44.2 Å². The molecule has 2 unspecified atom stereocenters. The van der Waals surface area contributed by atoms with Crippen molar-refractivity contribution in [3.63, 3.8) is 0 Å². The second kappa shape index (κ2) is 9.94. The van der Waals surface area contributed by atoms with Crippen molar-refractivity contribution >= 4 is 35.8 Å². The second-order valence-corrected chi connectivity index (χ2v) is 8.33. The Bertz CT molecular complexity index is 698. The standard InChI is InChI=1S/C22H34N4O.HI/c1-5-23-21(24-15-22(12-8-9-13-22)20(27)26(3)4)25-19-14-18(19)17-11-7-6-10-16(17)2;/h6-7,10-11,18-19H,5,8-9,12-15H2,1-4H3,(H2,23,24,25);1H. The number of hydrogen-bond donors (Lipinski definition) is 2. The number of carbonyl (C=O) groups excluding carboxylic acids is 1. The molecule has 2 atom stereocenters.